The summed E-state index contributed by atoms with van der Waals surface area (Å²) >= 11 is 0. The Kier molecular flexibility index (Phi) is 4.01. The van der Waals surface area contributed by atoms with Crippen LogP contribution in [0.3, 0.4) is 0 Å². The maximum atomic E-state index is 5.67. The standard InChI is InChI=1S/C15H21N5O/c1-19-6-7-20(2)13(10-19)14-17-15(21-18-14)12-5-3-4-11(8-12)9-16/h3-5,8,13H,6-7,9-10,16H2,1-2H3. The lowest BCUT2D eigenvalue weighted by Crippen LogP contribution is -2.45. The van der Waals surface area contributed by atoms with Crippen LogP contribution in [0.2, 0.25) is 0 Å². The molecule has 1 atom stereocenters. The summed E-state index contributed by atoms with van der Waals surface area (Å²) in [5.74, 6) is 1.30. The molecule has 1 aliphatic rings. The van der Waals surface area contributed by atoms with Gasteiger partial charge < -0.3 is 15.2 Å². The highest BCUT2D eigenvalue weighted by Gasteiger charge is 2.28. The Hall–Kier alpha value is -1.76. The van der Waals surface area contributed by atoms with Crippen molar-refractivity contribution in [1.82, 2.24) is 19.9 Å². The van der Waals surface area contributed by atoms with Gasteiger partial charge in [0.1, 0.15) is 0 Å². The van der Waals surface area contributed by atoms with E-state index >= 15 is 0 Å². The molecule has 21 heavy (non-hydrogen) atoms. The Morgan fingerprint density at radius 1 is 1.33 bits per heavy atom. The molecule has 0 saturated carbocycles. The lowest BCUT2D eigenvalue weighted by atomic mass is 10.1. The maximum Gasteiger partial charge on any atom is 0.257 e. The molecule has 0 bridgehead atoms. The van der Waals surface area contributed by atoms with Crippen molar-refractivity contribution in [1.29, 1.82) is 0 Å². The van der Waals surface area contributed by atoms with Crippen LogP contribution in [0.4, 0.5) is 0 Å². The number of hydrogen-bond donors (Lipinski definition) is 1. The summed E-state index contributed by atoms with van der Waals surface area (Å²) < 4.78 is 5.44. The van der Waals surface area contributed by atoms with Crippen molar-refractivity contribution in [2.75, 3.05) is 33.7 Å². The Balaban J connectivity index is 1.85. The molecule has 6 heteroatoms. The number of nitrogens with two attached hydrogens (primary N) is 1. The molecule has 2 heterocycles. The Morgan fingerprint density at radius 2 is 2.19 bits per heavy atom. The van der Waals surface area contributed by atoms with Crippen LogP contribution < -0.4 is 5.73 Å². The van der Waals surface area contributed by atoms with E-state index in [2.05, 4.69) is 34.0 Å². The zero-order chi connectivity index (χ0) is 14.8. The van der Waals surface area contributed by atoms with E-state index in [0.717, 1.165) is 36.6 Å². The van der Waals surface area contributed by atoms with E-state index in [1.807, 2.05) is 24.3 Å². The molecule has 3 rings (SSSR count). The molecule has 112 valence electrons. The molecule has 0 radical (unpaired) electrons. The highest BCUT2D eigenvalue weighted by atomic mass is 16.5. The largest absolute Gasteiger partial charge is 0.334 e. The van der Waals surface area contributed by atoms with Gasteiger partial charge in [-0.15, -0.1) is 0 Å². The van der Waals surface area contributed by atoms with Gasteiger partial charge in [-0.25, -0.2) is 0 Å². The molecule has 6 nitrogen and oxygen atoms in total. The van der Waals surface area contributed by atoms with Gasteiger partial charge in [-0.3, -0.25) is 4.90 Å². The highest BCUT2D eigenvalue weighted by Crippen LogP contribution is 2.24. The average Bonchev–Trinajstić information content (AvgIpc) is 2.99. The predicted molar refractivity (Wildman–Crippen MR) is 80.5 cm³/mol. The summed E-state index contributed by atoms with van der Waals surface area (Å²) in [5, 5.41) is 4.17. The first-order valence-electron chi connectivity index (χ1n) is 7.19. The Labute approximate surface area is 124 Å². The minimum absolute atomic E-state index is 0.180. The zero-order valence-corrected chi connectivity index (χ0v) is 12.5. The van der Waals surface area contributed by atoms with Crippen LogP contribution in [0.1, 0.15) is 17.4 Å². The number of hydrogen-bond acceptors (Lipinski definition) is 6. The molecule has 0 amide bonds. The molecule has 0 aliphatic carbocycles. The summed E-state index contributed by atoms with van der Waals surface area (Å²) in [6, 6.07) is 8.09. The summed E-state index contributed by atoms with van der Waals surface area (Å²) in [7, 11) is 4.22. The lowest BCUT2D eigenvalue weighted by Gasteiger charge is -2.35. The van der Waals surface area contributed by atoms with Crippen molar-refractivity contribution in [3.8, 4) is 11.5 Å². The number of piperazine rings is 1. The van der Waals surface area contributed by atoms with Gasteiger partial charge in [0.15, 0.2) is 5.82 Å². The van der Waals surface area contributed by atoms with Gasteiger partial charge in [0.2, 0.25) is 0 Å². The number of aromatic nitrogens is 2. The van der Waals surface area contributed by atoms with Crippen LogP contribution in [0, 0.1) is 0 Å². The number of likely N-dealkylation sites (N-methyl/N-ethyl adjacent to an activating group) is 2. The summed E-state index contributed by atoms with van der Waals surface area (Å²) in [4.78, 5) is 9.13. The lowest BCUT2D eigenvalue weighted by molar-refractivity contribution is 0.108. The molecule has 2 aromatic rings. The van der Waals surface area contributed by atoms with Gasteiger partial charge in [0.05, 0.1) is 6.04 Å². The molecule has 1 aromatic heterocycles. The quantitative estimate of drug-likeness (QED) is 0.912. The first kappa shape index (κ1) is 14.2. The van der Waals surface area contributed by atoms with Gasteiger partial charge in [-0.05, 0) is 31.8 Å². The summed E-state index contributed by atoms with van der Waals surface area (Å²) in [6.07, 6.45) is 0. The second-order valence-corrected chi connectivity index (χ2v) is 5.62. The summed E-state index contributed by atoms with van der Waals surface area (Å²) in [5.41, 5.74) is 7.65. The van der Waals surface area contributed by atoms with E-state index in [4.69, 9.17) is 10.3 Å². The van der Waals surface area contributed by atoms with E-state index in [1.165, 1.54) is 0 Å². The SMILES string of the molecule is CN1CCN(C)C(c2noc(-c3cccc(CN)c3)n2)C1. The van der Waals surface area contributed by atoms with Crippen LogP contribution in [0.15, 0.2) is 28.8 Å². The van der Waals surface area contributed by atoms with Crippen molar-refractivity contribution in [2.24, 2.45) is 5.73 Å². The second kappa shape index (κ2) is 5.93. The molecule has 1 unspecified atom stereocenters. The van der Waals surface area contributed by atoms with Crippen molar-refractivity contribution < 1.29 is 4.52 Å². The third-order valence-electron chi connectivity index (χ3n) is 4.00. The Bertz CT molecular complexity index is 612. The normalized spacial score (nSPS) is 20.8. The van der Waals surface area contributed by atoms with Crippen molar-refractivity contribution in [3.63, 3.8) is 0 Å². The number of nitrogens with zero attached hydrogens (tertiary/aromatic N) is 4. The van der Waals surface area contributed by atoms with Crippen LogP contribution in [-0.2, 0) is 6.54 Å². The maximum absolute atomic E-state index is 5.67. The van der Waals surface area contributed by atoms with Gasteiger partial charge in [0, 0.05) is 31.7 Å². The molecule has 0 spiro atoms. The molecule has 1 saturated heterocycles. The molecule has 1 fully saturated rings. The smallest absolute Gasteiger partial charge is 0.257 e. The fraction of sp³-hybridized carbons (Fsp3) is 0.467. The minimum atomic E-state index is 0.180. The number of benzene rings is 1. The topological polar surface area (TPSA) is 71.4 Å². The Morgan fingerprint density at radius 3 is 3.00 bits per heavy atom. The van der Waals surface area contributed by atoms with Crippen LogP contribution >= 0.6 is 0 Å². The van der Waals surface area contributed by atoms with E-state index < -0.39 is 0 Å². The summed E-state index contributed by atoms with van der Waals surface area (Å²) in [6.45, 7) is 3.49. The zero-order valence-electron chi connectivity index (χ0n) is 12.5. The van der Waals surface area contributed by atoms with Gasteiger partial charge in [0.25, 0.3) is 5.89 Å². The first-order valence-corrected chi connectivity index (χ1v) is 7.19. The fourth-order valence-corrected chi connectivity index (χ4v) is 2.61. The average molecular weight is 287 g/mol. The van der Waals surface area contributed by atoms with Crippen molar-refractivity contribution in [3.05, 3.63) is 35.7 Å². The minimum Gasteiger partial charge on any atom is -0.334 e. The third kappa shape index (κ3) is 2.97. The first-order chi connectivity index (χ1) is 10.2. The molecular weight excluding hydrogens is 266 g/mol. The van der Waals surface area contributed by atoms with Crippen LogP contribution in [0.25, 0.3) is 11.5 Å². The molecule has 2 N–H and O–H groups in total. The third-order valence-corrected chi connectivity index (χ3v) is 4.00. The van der Waals surface area contributed by atoms with E-state index in [9.17, 15) is 0 Å². The van der Waals surface area contributed by atoms with Gasteiger partial charge >= 0.3 is 0 Å². The van der Waals surface area contributed by atoms with Gasteiger partial charge in [-0.1, -0.05) is 17.3 Å². The monoisotopic (exact) mass is 287 g/mol. The molecular formula is C15H21N5O. The van der Waals surface area contributed by atoms with E-state index in [-0.39, 0.29) is 6.04 Å². The number of rotatable bonds is 3. The predicted octanol–water partition coefficient (Wildman–Crippen LogP) is 1.11. The van der Waals surface area contributed by atoms with E-state index in [1.54, 1.807) is 0 Å². The van der Waals surface area contributed by atoms with Crippen LogP contribution in [0.5, 0.6) is 0 Å². The molecule has 1 aromatic carbocycles. The van der Waals surface area contributed by atoms with Gasteiger partial charge in [-0.2, -0.15) is 4.98 Å². The van der Waals surface area contributed by atoms with Crippen molar-refractivity contribution in [2.45, 2.75) is 12.6 Å². The molecule has 1 aliphatic heterocycles. The second-order valence-electron chi connectivity index (χ2n) is 5.62. The van der Waals surface area contributed by atoms with Crippen molar-refractivity contribution >= 4 is 0 Å². The van der Waals surface area contributed by atoms with E-state index in [0.29, 0.717) is 12.4 Å². The highest BCUT2D eigenvalue weighted by molar-refractivity contribution is 5.54. The fourth-order valence-electron chi connectivity index (χ4n) is 2.61. The van der Waals surface area contributed by atoms with Crippen LogP contribution in [-0.4, -0.2) is 53.7 Å².